The zero-order chi connectivity index (χ0) is 22.2. The molecule has 1 aromatic carbocycles. The fourth-order valence-corrected chi connectivity index (χ4v) is 4.37. The molecule has 0 radical (unpaired) electrons. The molecule has 2 atom stereocenters. The molecule has 1 fully saturated rings. The normalized spacial score (nSPS) is 19.6. The maximum absolute atomic E-state index is 13.9. The summed E-state index contributed by atoms with van der Waals surface area (Å²) in [6, 6.07) is 4.34. The fourth-order valence-electron chi connectivity index (χ4n) is 4.37. The van der Waals surface area contributed by atoms with Crippen LogP contribution in [0.4, 0.5) is 17.6 Å². The van der Waals surface area contributed by atoms with Gasteiger partial charge in [0, 0.05) is 18.5 Å². The van der Waals surface area contributed by atoms with Crippen molar-refractivity contribution in [2.45, 2.75) is 58.5 Å². The van der Waals surface area contributed by atoms with E-state index in [1.54, 1.807) is 0 Å². The summed E-state index contributed by atoms with van der Waals surface area (Å²) in [6.07, 6.45) is -3.06. The number of aryl methyl sites for hydroxylation is 4. The minimum atomic E-state index is -4.65. The van der Waals surface area contributed by atoms with E-state index in [-0.39, 0.29) is 30.1 Å². The average molecular weight is 421 g/mol. The van der Waals surface area contributed by atoms with Crippen molar-refractivity contribution in [3.8, 4) is 0 Å². The van der Waals surface area contributed by atoms with Gasteiger partial charge >= 0.3 is 6.18 Å². The first-order valence-electron chi connectivity index (χ1n) is 9.85. The molecule has 0 saturated heterocycles. The molecule has 0 bridgehead atoms. The largest absolute Gasteiger partial charge is 0.417 e. The molecule has 160 valence electrons. The lowest BCUT2D eigenvalue weighted by molar-refractivity contribution is -0.138. The number of benzene rings is 1. The third-order valence-electron chi connectivity index (χ3n) is 5.69. The second-order valence-electron chi connectivity index (χ2n) is 8.06. The van der Waals surface area contributed by atoms with Crippen LogP contribution in [-0.4, -0.2) is 16.6 Å². The highest BCUT2D eigenvalue weighted by Crippen LogP contribution is 2.38. The van der Waals surface area contributed by atoms with Gasteiger partial charge in [-0.1, -0.05) is 17.7 Å². The number of carbonyl (C=O) groups is 2. The number of Topliss-reactive ketones (excluding diaryl/α,β-unsaturated/α-hetero) is 2. The van der Waals surface area contributed by atoms with Gasteiger partial charge in [0.2, 0.25) is 0 Å². The zero-order valence-corrected chi connectivity index (χ0v) is 17.1. The summed E-state index contributed by atoms with van der Waals surface area (Å²) in [6.45, 7) is 5.74. The molecule has 0 spiro atoms. The van der Waals surface area contributed by atoms with Crippen molar-refractivity contribution < 1.29 is 27.2 Å². The standard InChI is InChI=1S/C23H23F4NO2/c1-12-7-13(2)20(14(3)8-12)21-19(29)9-15(22(21)30)5-4-6-18-17(24)10-16(11-28-18)23(25,26)27/h7-8,10-11,15,21H,4-6,9H2,1-3H3. The third-order valence-corrected chi connectivity index (χ3v) is 5.69. The summed E-state index contributed by atoms with van der Waals surface area (Å²) >= 11 is 0. The quantitative estimate of drug-likeness (QED) is 0.478. The Morgan fingerprint density at radius 2 is 1.70 bits per heavy atom. The number of aromatic nitrogens is 1. The maximum atomic E-state index is 13.9. The van der Waals surface area contributed by atoms with Crippen LogP contribution in [0.2, 0.25) is 0 Å². The number of alkyl halides is 3. The van der Waals surface area contributed by atoms with Crippen LogP contribution in [0.25, 0.3) is 0 Å². The van der Waals surface area contributed by atoms with Gasteiger partial charge in [-0.25, -0.2) is 4.39 Å². The van der Waals surface area contributed by atoms with E-state index in [2.05, 4.69) is 4.98 Å². The van der Waals surface area contributed by atoms with Crippen molar-refractivity contribution in [3.63, 3.8) is 0 Å². The third kappa shape index (κ3) is 4.45. The number of hydrogen-bond acceptors (Lipinski definition) is 3. The highest BCUT2D eigenvalue weighted by molar-refractivity contribution is 6.14. The van der Waals surface area contributed by atoms with Gasteiger partial charge in [0.05, 0.1) is 11.3 Å². The number of pyridine rings is 1. The molecular formula is C23H23F4NO2. The molecule has 2 aromatic rings. The molecular weight excluding hydrogens is 398 g/mol. The van der Waals surface area contributed by atoms with Crippen LogP contribution in [0.3, 0.4) is 0 Å². The number of carbonyl (C=O) groups excluding carboxylic acids is 2. The Morgan fingerprint density at radius 1 is 1.07 bits per heavy atom. The van der Waals surface area contributed by atoms with E-state index in [0.29, 0.717) is 25.1 Å². The predicted octanol–water partition coefficient (Wildman–Crippen LogP) is 5.43. The Bertz CT molecular complexity index is 974. The summed E-state index contributed by atoms with van der Waals surface area (Å²) in [7, 11) is 0. The predicted molar refractivity (Wildman–Crippen MR) is 104 cm³/mol. The minimum Gasteiger partial charge on any atom is -0.298 e. The summed E-state index contributed by atoms with van der Waals surface area (Å²) in [4.78, 5) is 29.1. The van der Waals surface area contributed by atoms with E-state index in [0.717, 1.165) is 22.3 Å². The fraction of sp³-hybridized carbons (Fsp3) is 0.435. The van der Waals surface area contributed by atoms with Crippen LogP contribution in [-0.2, 0) is 22.2 Å². The first-order valence-corrected chi connectivity index (χ1v) is 9.85. The Labute approximate surface area is 172 Å². The van der Waals surface area contributed by atoms with E-state index < -0.39 is 29.4 Å². The monoisotopic (exact) mass is 421 g/mol. The molecule has 0 amide bonds. The van der Waals surface area contributed by atoms with Crippen molar-refractivity contribution in [1.29, 1.82) is 0 Å². The van der Waals surface area contributed by atoms with E-state index in [4.69, 9.17) is 0 Å². The second-order valence-corrected chi connectivity index (χ2v) is 8.06. The number of rotatable bonds is 5. The first kappa shape index (κ1) is 22.1. The smallest absolute Gasteiger partial charge is 0.298 e. The van der Waals surface area contributed by atoms with Gasteiger partial charge in [-0.3, -0.25) is 14.6 Å². The number of halogens is 4. The van der Waals surface area contributed by atoms with Gasteiger partial charge in [-0.05, 0) is 62.8 Å². The van der Waals surface area contributed by atoms with Crippen molar-refractivity contribution >= 4 is 11.6 Å². The molecule has 3 nitrogen and oxygen atoms in total. The highest BCUT2D eigenvalue weighted by Gasteiger charge is 2.42. The van der Waals surface area contributed by atoms with Gasteiger partial charge in [0.15, 0.2) is 5.78 Å². The topological polar surface area (TPSA) is 47.0 Å². The van der Waals surface area contributed by atoms with Crippen LogP contribution in [0.5, 0.6) is 0 Å². The van der Waals surface area contributed by atoms with E-state index >= 15 is 0 Å². The Morgan fingerprint density at radius 3 is 2.27 bits per heavy atom. The lowest BCUT2D eigenvalue weighted by Gasteiger charge is -2.16. The van der Waals surface area contributed by atoms with Crippen molar-refractivity contribution in [2.75, 3.05) is 0 Å². The van der Waals surface area contributed by atoms with Crippen molar-refractivity contribution in [2.24, 2.45) is 5.92 Å². The lowest BCUT2D eigenvalue weighted by atomic mass is 9.86. The molecule has 2 unspecified atom stereocenters. The van der Waals surface area contributed by atoms with Crippen molar-refractivity contribution in [1.82, 2.24) is 4.98 Å². The maximum Gasteiger partial charge on any atom is 0.417 e. The molecule has 1 aliphatic rings. The summed E-state index contributed by atoms with van der Waals surface area (Å²) in [5, 5.41) is 0. The van der Waals surface area contributed by atoms with E-state index in [1.807, 2.05) is 32.9 Å². The summed E-state index contributed by atoms with van der Waals surface area (Å²) in [5.41, 5.74) is 2.46. The Balaban J connectivity index is 1.67. The van der Waals surface area contributed by atoms with Gasteiger partial charge < -0.3 is 0 Å². The molecule has 0 aliphatic heterocycles. The minimum absolute atomic E-state index is 0.0680. The van der Waals surface area contributed by atoms with Crippen LogP contribution in [0, 0.1) is 32.5 Å². The Kier molecular flexibility index (Phi) is 6.11. The molecule has 7 heteroatoms. The zero-order valence-electron chi connectivity index (χ0n) is 17.1. The van der Waals surface area contributed by atoms with Gasteiger partial charge in [-0.2, -0.15) is 13.2 Å². The van der Waals surface area contributed by atoms with Gasteiger partial charge in [0.25, 0.3) is 0 Å². The first-order chi connectivity index (χ1) is 14.0. The van der Waals surface area contributed by atoms with E-state index in [9.17, 15) is 27.2 Å². The summed E-state index contributed by atoms with van der Waals surface area (Å²) < 4.78 is 51.8. The molecule has 0 N–H and O–H groups in total. The lowest BCUT2D eigenvalue weighted by Crippen LogP contribution is -2.18. The molecule has 1 heterocycles. The molecule has 3 rings (SSSR count). The molecule has 1 aromatic heterocycles. The SMILES string of the molecule is Cc1cc(C)c(C2C(=O)CC(CCCc3ncc(C(F)(F)F)cc3F)C2=O)c(C)c1. The molecule has 1 saturated carbocycles. The average Bonchev–Trinajstić information content (AvgIpc) is 2.89. The summed E-state index contributed by atoms with van der Waals surface area (Å²) in [5.74, 6) is -2.48. The van der Waals surface area contributed by atoms with Gasteiger partial charge in [0.1, 0.15) is 17.5 Å². The van der Waals surface area contributed by atoms with Crippen LogP contribution >= 0.6 is 0 Å². The van der Waals surface area contributed by atoms with Crippen molar-refractivity contribution in [3.05, 3.63) is 63.7 Å². The van der Waals surface area contributed by atoms with Gasteiger partial charge in [-0.15, -0.1) is 0 Å². The highest BCUT2D eigenvalue weighted by atomic mass is 19.4. The number of hydrogen-bond donors (Lipinski definition) is 0. The number of ketones is 2. The molecule has 30 heavy (non-hydrogen) atoms. The van der Waals surface area contributed by atoms with Crippen LogP contribution in [0.15, 0.2) is 24.4 Å². The Hall–Kier alpha value is -2.57. The van der Waals surface area contributed by atoms with Crippen LogP contribution < -0.4 is 0 Å². The molecule has 1 aliphatic carbocycles. The second kappa shape index (κ2) is 8.28. The number of nitrogens with zero attached hydrogens (tertiary/aromatic N) is 1. The van der Waals surface area contributed by atoms with Crippen LogP contribution in [0.1, 0.15) is 58.7 Å². The van der Waals surface area contributed by atoms with E-state index in [1.165, 1.54) is 0 Å².